The number of amides is 1. The van der Waals surface area contributed by atoms with Crippen molar-refractivity contribution in [2.45, 2.75) is 26.0 Å². The topological polar surface area (TPSA) is 45.5 Å². The maximum Gasteiger partial charge on any atom is 0.222 e. The van der Waals surface area contributed by atoms with Crippen molar-refractivity contribution in [2.24, 2.45) is 0 Å². The lowest BCUT2D eigenvalue weighted by molar-refractivity contribution is -0.128. The highest BCUT2D eigenvalue weighted by Gasteiger charge is 2.03. The minimum absolute atomic E-state index is 0.0730. The van der Waals surface area contributed by atoms with Crippen LogP contribution in [0.3, 0.4) is 0 Å². The monoisotopic (exact) mass is 210 g/mol. The van der Waals surface area contributed by atoms with Gasteiger partial charge >= 0.3 is 0 Å². The van der Waals surface area contributed by atoms with Gasteiger partial charge in [-0.3, -0.25) is 4.79 Å². The van der Waals surface area contributed by atoms with Crippen molar-refractivity contribution < 1.29 is 9.90 Å². The number of aryl methyl sites for hydroxylation is 1. The SMILES string of the molecule is CN(C)C(=O)CCCn1ccc(CO)c1. The molecule has 0 aliphatic rings. The maximum atomic E-state index is 11.3. The van der Waals surface area contributed by atoms with Crippen LogP contribution in [-0.2, 0) is 17.9 Å². The number of hydrogen-bond acceptors (Lipinski definition) is 2. The average molecular weight is 210 g/mol. The van der Waals surface area contributed by atoms with E-state index in [4.69, 9.17) is 5.11 Å². The van der Waals surface area contributed by atoms with Gasteiger partial charge in [0.1, 0.15) is 0 Å². The second-order valence-electron chi connectivity index (χ2n) is 3.81. The number of nitrogens with zero attached hydrogens (tertiary/aromatic N) is 2. The van der Waals surface area contributed by atoms with Crippen LogP contribution in [0, 0.1) is 0 Å². The zero-order valence-corrected chi connectivity index (χ0v) is 9.31. The second kappa shape index (κ2) is 5.56. The Bertz CT molecular complexity index is 318. The maximum absolute atomic E-state index is 11.3. The summed E-state index contributed by atoms with van der Waals surface area (Å²) in [6, 6.07) is 1.88. The zero-order valence-electron chi connectivity index (χ0n) is 9.31. The number of rotatable bonds is 5. The molecule has 0 unspecified atom stereocenters. The lowest BCUT2D eigenvalue weighted by Crippen LogP contribution is -2.21. The molecule has 0 bridgehead atoms. The van der Waals surface area contributed by atoms with Crippen LogP contribution >= 0.6 is 0 Å². The van der Waals surface area contributed by atoms with Gasteiger partial charge in [0, 0.05) is 39.5 Å². The molecule has 0 atom stereocenters. The van der Waals surface area contributed by atoms with Crippen LogP contribution in [0.4, 0.5) is 0 Å². The molecule has 84 valence electrons. The third-order valence-corrected chi connectivity index (χ3v) is 2.30. The summed E-state index contributed by atoms with van der Waals surface area (Å²) < 4.78 is 1.99. The molecule has 0 aromatic carbocycles. The minimum atomic E-state index is 0.0730. The molecule has 15 heavy (non-hydrogen) atoms. The molecule has 4 nitrogen and oxygen atoms in total. The van der Waals surface area contributed by atoms with Crippen LogP contribution in [0.1, 0.15) is 18.4 Å². The summed E-state index contributed by atoms with van der Waals surface area (Å²) in [5.41, 5.74) is 0.911. The van der Waals surface area contributed by atoms with Gasteiger partial charge in [-0.1, -0.05) is 0 Å². The van der Waals surface area contributed by atoms with E-state index in [0.717, 1.165) is 18.5 Å². The Morgan fingerprint density at radius 3 is 2.80 bits per heavy atom. The first-order valence-corrected chi connectivity index (χ1v) is 5.09. The highest BCUT2D eigenvalue weighted by atomic mass is 16.3. The fourth-order valence-corrected chi connectivity index (χ4v) is 1.36. The van der Waals surface area contributed by atoms with Gasteiger partial charge in [0.05, 0.1) is 6.61 Å². The van der Waals surface area contributed by atoms with Crippen molar-refractivity contribution in [1.29, 1.82) is 0 Å². The van der Waals surface area contributed by atoms with Gasteiger partial charge in [-0.15, -0.1) is 0 Å². The van der Waals surface area contributed by atoms with Crippen LogP contribution in [0.2, 0.25) is 0 Å². The molecule has 0 aliphatic carbocycles. The lowest BCUT2D eigenvalue weighted by atomic mass is 10.3. The minimum Gasteiger partial charge on any atom is -0.392 e. The number of hydrogen-bond donors (Lipinski definition) is 1. The first-order chi connectivity index (χ1) is 7.13. The molecule has 0 saturated heterocycles. The van der Waals surface area contributed by atoms with Gasteiger partial charge in [-0.25, -0.2) is 0 Å². The van der Waals surface area contributed by atoms with E-state index < -0.39 is 0 Å². The molecule has 1 heterocycles. The fraction of sp³-hybridized carbons (Fsp3) is 0.545. The largest absolute Gasteiger partial charge is 0.392 e. The van der Waals surface area contributed by atoms with Gasteiger partial charge in [-0.05, 0) is 18.1 Å². The Morgan fingerprint density at radius 2 is 2.27 bits per heavy atom. The average Bonchev–Trinajstić information content (AvgIpc) is 2.65. The molecule has 1 aromatic rings. The molecule has 0 aliphatic heterocycles. The normalized spacial score (nSPS) is 10.3. The Kier molecular flexibility index (Phi) is 4.37. The Hall–Kier alpha value is -1.29. The van der Waals surface area contributed by atoms with Crippen LogP contribution in [0.25, 0.3) is 0 Å². The number of aliphatic hydroxyl groups is 1. The molecule has 0 fully saturated rings. The Balaban J connectivity index is 2.28. The van der Waals surface area contributed by atoms with E-state index in [1.54, 1.807) is 19.0 Å². The number of aliphatic hydroxyl groups excluding tert-OH is 1. The fourth-order valence-electron chi connectivity index (χ4n) is 1.36. The third kappa shape index (κ3) is 3.75. The summed E-state index contributed by atoms with van der Waals surface area (Å²) in [7, 11) is 3.53. The highest BCUT2D eigenvalue weighted by molar-refractivity contribution is 5.75. The molecule has 1 aromatic heterocycles. The van der Waals surface area contributed by atoms with Crippen molar-refractivity contribution in [3.63, 3.8) is 0 Å². The molecule has 1 rings (SSSR count). The summed E-state index contributed by atoms with van der Waals surface area (Å²) in [5.74, 6) is 0.157. The van der Waals surface area contributed by atoms with Gasteiger partial charge in [0.15, 0.2) is 0 Å². The van der Waals surface area contributed by atoms with E-state index in [0.29, 0.717) is 6.42 Å². The first-order valence-electron chi connectivity index (χ1n) is 5.09. The van der Waals surface area contributed by atoms with Crippen molar-refractivity contribution >= 4 is 5.91 Å². The van der Waals surface area contributed by atoms with Gasteiger partial charge in [0.2, 0.25) is 5.91 Å². The van der Waals surface area contributed by atoms with E-state index in [1.807, 2.05) is 23.0 Å². The molecule has 0 radical (unpaired) electrons. The van der Waals surface area contributed by atoms with Crippen LogP contribution in [-0.4, -0.2) is 34.6 Å². The highest BCUT2D eigenvalue weighted by Crippen LogP contribution is 2.03. The molecular formula is C11H18N2O2. The predicted molar refractivity (Wildman–Crippen MR) is 58.3 cm³/mol. The van der Waals surface area contributed by atoms with E-state index >= 15 is 0 Å². The van der Waals surface area contributed by atoms with Gasteiger partial charge in [0.25, 0.3) is 0 Å². The molecule has 1 N–H and O–H groups in total. The van der Waals surface area contributed by atoms with Crippen LogP contribution in [0.15, 0.2) is 18.5 Å². The van der Waals surface area contributed by atoms with E-state index in [9.17, 15) is 4.79 Å². The Labute approximate surface area is 90.1 Å². The summed E-state index contributed by atoms with van der Waals surface area (Å²) in [6.45, 7) is 0.892. The zero-order chi connectivity index (χ0) is 11.3. The molecule has 1 amide bonds. The summed E-state index contributed by atoms with van der Waals surface area (Å²) >= 11 is 0. The van der Waals surface area contributed by atoms with Crippen molar-refractivity contribution in [3.05, 3.63) is 24.0 Å². The molecular weight excluding hydrogens is 192 g/mol. The van der Waals surface area contributed by atoms with Crippen molar-refractivity contribution in [3.8, 4) is 0 Å². The summed E-state index contributed by atoms with van der Waals surface area (Å²) in [5, 5.41) is 8.86. The molecule has 0 saturated carbocycles. The van der Waals surface area contributed by atoms with E-state index in [2.05, 4.69) is 0 Å². The van der Waals surface area contributed by atoms with E-state index in [-0.39, 0.29) is 12.5 Å². The van der Waals surface area contributed by atoms with Crippen LogP contribution < -0.4 is 0 Å². The van der Waals surface area contributed by atoms with Crippen LogP contribution in [0.5, 0.6) is 0 Å². The van der Waals surface area contributed by atoms with Gasteiger partial charge in [-0.2, -0.15) is 0 Å². The van der Waals surface area contributed by atoms with E-state index in [1.165, 1.54) is 0 Å². The number of aromatic nitrogens is 1. The second-order valence-corrected chi connectivity index (χ2v) is 3.81. The number of carbonyl (C=O) groups excluding carboxylic acids is 1. The molecule has 0 spiro atoms. The van der Waals surface area contributed by atoms with Gasteiger partial charge < -0.3 is 14.6 Å². The number of carbonyl (C=O) groups is 1. The van der Waals surface area contributed by atoms with Crippen molar-refractivity contribution in [2.75, 3.05) is 14.1 Å². The predicted octanol–water partition coefficient (Wildman–Crippen LogP) is 0.849. The molecule has 4 heteroatoms. The summed E-state index contributed by atoms with van der Waals surface area (Å²) in [4.78, 5) is 12.9. The standard InChI is InChI=1S/C11H18N2O2/c1-12(2)11(15)4-3-6-13-7-5-10(8-13)9-14/h5,7-8,14H,3-4,6,9H2,1-2H3. The third-order valence-electron chi connectivity index (χ3n) is 2.30. The smallest absolute Gasteiger partial charge is 0.222 e. The Morgan fingerprint density at radius 1 is 1.53 bits per heavy atom. The quantitative estimate of drug-likeness (QED) is 0.783. The first kappa shape index (κ1) is 11.8. The lowest BCUT2D eigenvalue weighted by Gasteiger charge is -2.09. The van der Waals surface area contributed by atoms with Crippen molar-refractivity contribution in [1.82, 2.24) is 9.47 Å². The summed E-state index contributed by atoms with van der Waals surface area (Å²) in [6.07, 6.45) is 5.22.